The zero-order chi connectivity index (χ0) is 13.0. The molecule has 1 aliphatic rings. The van der Waals surface area contributed by atoms with E-state index in [2.05, 4.69) is 11.9 Å². The van der Waals surface area contributed by atoms with Crippen LogP contribution in [0.3, 0.4) is 0 Å². The van der Waals surface area contributed by atoms with Crippen LogP contribution >= 0.6 is 0 Å². The standard InChI is InChI=1S/C14H24N2O2/c1-2-16-9-8-15-13(16)10-12(17)14(18)11-6-4-3-5-7-11/h8-9,11-12,14,17-18H,2-7,10H2,1H3. The zero-order valence-electron chi connectivity index (χ0n) is 11.1. The van der Waals surface area contributed by atoms with Gasteiger partial charge in [-0.1, -0.05) is 19.3 Å². The Labute approximate surface area is 109 Å². The Morgan fingerprint density at radius 2 is 2.06 bits per heavy atom. The molecular weight excluding hydrogens is 228 g/mol. The van der Waals surface area contributed by atoms with Gasteiger partial charge in [0.15, 0.2) is 0 Å². The topological polar surface area (TPSA) is 58.3 Å². The summed E-state index contributed by atoms with van der Waals surface area (Å²) in [5.74, 6) is 1.12. The first kappa shape index (κ1) is 13.6. The fraction of sp³-hybridized carbons (Fsp3) is 0.786. The van der Waals surface area contributed by atoms with Crippen LogP contribution in [0.5, 0.6) is 0 Å². The summed E-state index contributed by atoms with van der Waals surface area (Å²) in [4.78, 5) is 4.25. The molecule has 18 heavy (non-hydrogen) atoms. The monoisotopic (exact) mass is 252 g/mol. The van der Waals surface area contributed by atoms with Crippen molar-refractivity contribution in [2.75, 3.05) is 0 Å². The number of aromatic nitrogens is 2. The lowest BCUT2D eigenvalue weighted by atomic mass is 9.83. The van der Waals surface area contributed by atoms with E-state index in [1.165, 1.54) is 19.3 Å². The Morgan fingerprint density at radius 1 is 1.33 bits per heavy atom. The molecule has 1 aromatic heterocycles. The minimum absolute atomic E-state index is 0.263. The van der Waals surface area contributed by atoms with E-state index in [-0.39, 0.29) is 5.92 Å². The molecule has 0 radical (unpaired) electrons. The van der Waals surface area contributed by atoms with Gasteiger partial charge in [0.2, 0.25) is 0 Å². The maximum absolute atomic E-state index is 10.2. The minimum atomic E-state index is -0.694. The smallest absolute Gasteiger partial charge is 0.111 e. The Hall–Kier alpha value is -0.870. The first-order chi connectivity index (χ1) is 8.72. The first-order valence-corrected chi connectivity index (χ1v) is 7.08. The van der Waals surface area contributed by atoms with Gasteiger partial charge in [-0.15, -0.1) is 0 Å². The molecule has 2 rings (SSSR count). The number of imidazole rings is 1. The molecule has 102 valence electrons. The van der Waals surface area contributed by atoms with Gasteiger partial charge in [0.25, 0.3) is 0 Å². The highest BCUT2D eigenvalue weighted by atomic mass is 16.3. The fourth-order valence-corrected chi connectivity index (χ4v) is 2.92. The van der Waals surface area contributed by atoms with E-state index < -0.39 is 12.2 Å². The predicted octanol–water partition coefficient (Wildman–Crippen LogP) is 1.75. The van der Waals surface area contributed by atoms with Crippen LogP contribution in [0.4, 0.5) is 0 Å². The van der Waals surface area contributed by atoms with Crippen LogP contribution in [0, 0.1) is 5.92 Å². The minimum Gasteiger partial charge on any atom is -0.390 e. The zero-order valence-corrected chi connectivity index (χ0v) is 11.1. The van der Waals surface area contributed by atoms with Crippen molar-refractivity contribution in [2.45, 2.75) is 64.2 Å². The van der Waals surface area contributed by atoms with Crippen molar-refractivity contribution in [1.29, 1.82) is 0 Å². The van der Waals surface area contributed by atoms with E-state index in [9.17, 15) is 10.2 Å². The molecule has 2 N–H and O–H groups in total. The maximum atomic E-state index is 10.2. The molecule has 0 amide bonds. The molecule has 0 aromatic carbocycles. The van der Waals surface area contributed by atoms with Crippen LogP contribution in [-0.4, -0.2) is 32.0 Å². The molecule has 0 bridgehead atoms. The molecule has 1 heterocycles. The Balaban J connectivity index is 1.92. The number of aryl methyl sites for hydroxylation is 1. The summed E-state index contributed by atoms with van der Waals surface area (Å²) >= 11 is 0. The average Bonchev–Trinajstić information content (AvgIpc) is 2.86. The van der Waals surface area contributed by atoms with Crippen molar-refractivity contribution in [3.05, 3.63) is 18.2 Å². The summed E-state index contributed by atoms with van der Waals surface area (Å²) < 4.78 is 2.01. The summed E-state index contributed by atoms with van der Waals surface area (Å²) in [5.41, 5.74) is 0. The molecular formula is C14H24N2O2. The van der Waals surface area contributed by atoms with E-state index in [1.54, 1.807) is 6.20 Å². The molecule has 0 saturated heterocycles. The van der Waals surface area contributed by atoms with Crippen molar-refractivity contribution in [1.82, 2.24) is 9.55 Å². The highest BCUT2D eigenvalue weighted by Gasteiger charge is 2.28. The van der Waals surface area contributed by atoms with Crippen molar-refractivity contribution in [3.63, 3.8) is 0 Å². The molecule has 4 nitrogen and oxygen atoms in total. The van der Waals surface area contributed by atoms with Gasteiger partial charge >= 0.3 is 0 Å². The van der Waals surface area contributed by atoms with Crippen LogP contribution < -0.4 is 0 Å². The average molecular weight is 252 g/mol. The van der Waals surface area contributed by atoms with Crippen molar-refractivity contribution in [2.24, 2.45) is 5.92 Å². The van der Waals surface area contributed by atoms with E-state index in [0.29, 0.717) is 6.42 Å². The molecule has 1 aromatic rings. The second kappa shape index (κ2) is 6.34. The summed E-state index contributed by atoms with van der Waals surface area (Å²) in [6.07, 6.45) is 8.51. The first-order valence-electron chi connectivity index (χ1n) is 7.08. The Kier molecular flexibility index (Phi) is 4.78. The predicted molar refractivity (Wildman–Crippen MR) is 70.2 cm³/mol. The van der Waals surface area contributed by atoms with Gasteiger partial charge in [0.05, 0.1) is 12.2 Å². The lowest BCUT2D eigenvalue weighted by Crippen LogP contribution is -2.36. The molecule has 0 aliphatic heterocycles. The number of aliphatic hydroxyl groups excluding tert-OH is 2. The third-order valence-electron chi connectivity index (χ3n) is 4.06. The van der Waals surface area contributed by atoms with Crippen LogP contribution in [0.15, 0.2) is 12.4 Å². The number of hydrogen-bond acceptors (Lipinski definition) is 3. The summed E-state index contributed by atoms with van der Waals surface area (Å²) in [5, 5.41) is 20.4. The van der Waals surface area contributed by atoms with Gasteiger partial charge in [-0.3, -0.25) is 0 Å². The van der Waals surface area contributed by atoms with Gasteiger partial charge in [0.1, 0.15) is 5.82 Å². The second-order valence-corrected chi connectivity index (χ2v) is 5.29. The van der Waals surface area contributed by atoms with Gasteiger partial charge < -0.3 is 14.8 Å². The van der Waals surface area contributed by atoms with E-state index in [1.807, 2.05) is 10.8 Å². The molecule has 2 atom stereocenters. The van der Waals surface area contributed by atoms with Gasteiger partial charge in [-0.2, -0.15) is 0 Å². The Morgan fingerprint density at radius 3 is 2.72 bits per heavy atom. The van der Waals surface area contributed by atoms with Crippen LogP contribution in [-0.2, 0) is 13.0 Å². The van der Waals surface area contributed by atoms with Crippen LogP contribution in [0.1, 0.15) is 44.9 Å². The number of aliphatic hydroxyl groups is 2. The molecule has 1 saturated carbocycles. The Bertz CT molecular complexity index is 358. The third-order valence-corrected chi connectivity index (χ3v) is 4.06. The molecule has 1 fully saturated rings. The molecule has 0 spiro atoms. The largest absolute Gasteiger partial charge is 0.390 e. The van der Waals surface area contributed by atoms with Crippen molar-refractivity contribution >= 4 is 0 Å². The van der Waals surface area contributed by atoms with Crippen molar-refractivity contribution in [3.8, 4) is 0 Å². The van der Waals surface area contributed by atoms with E-state index in [0.717, 1.165) is 25.2 Å². The van der Waals surface area contributed by atoms with Crippen LogP contribution in [0.2, 0.25) is 0 Å². The fourth-order valence-electron chi connectivity index (χ4n) is 2.92. The SMILES string of the molecule is CCn1ccnc1CC(O)C(O)C1CCCCC1. The second-order valence-electron chi connectivity index (χ2n) is 5.29. The van der Waals surface area contributed by atoms with E-state index in [4.69, 9.17) is 0 Å². The van der Waals surface area contributed by atoms with Gasteiger partial charge in [0, 0.05) is 25.4 Å². The van der Waals surface area contributed by atoms with Gasteiger partial charge in [-0.05, 0) is 25.7 Å². The number of hydrogen-bond donors (Lipinski definition) is 2. The highest BCUT2D eigenvalue weighted by molar-refractivity contribution is 4.96. The van der Waals surface area contributed by atoms with E-state index >= 15 is 0 Å². The maximum Gasteiger partial charge on any atom is 0.111 e. The van der Waals surface area contributed by atoms with Crippen molar-refractivity contribution < 1.29 is 10.2 Å². The summed E-state index contributed by atoms with van der Waals surface area (Å²) in [6, 6.07) is 0. The number of nitrogens with zero attached hydrogens (tertiary/aromatic N) is 2. The number of rotatable bonds is 5. The lowest BCUT2D eigenvalue weighted by molar-refractivity contribution is -0.0275. The molecule has 2 unspecified atom stereocenters. The third kappa shape index (κ3) is 3.12. The lowest BCUT2D eigenvalue weighted by Gasteiger charge is -2.29. The molecule has 1 aliphatic carbocycles. The quantitative estimate of drug-likeness (QED) is 0.839. The van der Waals surface area contributed by atoms with Gasteiger partial charge in [-0.25, -0.2) is 4.98 Å². The van der Waals surface area contributed by atoms with Crippen LogP contribution in [0.25, 0.3) is 0 Å². The summed E-state index contributed by atoms with van der Waals surface area (Å²) in [7, 11) is 0. The normalized spacial score (nSPS) is 20.8. The molecule has 4 heteroatoms. The summed E-state index contributed by atoms with van der Waals surface area (Å²) in [6.45, 7) is 2.90. The highest BCUT2D eigenvalue weighted by Crippen LogP contribution is 2.28.